The maximum atomic E-state index is 12.6. The number of hydrogen-bond acceptors (Lipinski definition) is 6. The highest BCUT2D eigenvalue weighted by Crippen LogP contribution is 2.24. The van der Waals surface area contributed by atoms with Crippen molar-refractivity contribution in [3.63, 3.8) is 0 Å². The van der Waals surface area contributed by atoms with Crippen molar-refractivity contribution in [3.05, 3.63) is 67.0 Å². The van der Waals surface area contributed by atoms with Crippen LogP contribution in [-0.2, 0) is 4.79 Å². The standard InChI is InChI=1S/C21H20N4O4/c26-20(15-6-10-25(11-7-15)21(27)18-5-2-12-28-18)24-16-3-1-4-17(13-16)29-19-14-22-8-9-23-19/h1-5,8-9,12-15H,6-7,10-11H2,(H,24,26). The number of benzene rings is 1. The molecule has 0 atom stereocenters. The Kier molecular flexibility index (Phi) is 5.51. The highest BCUT2D eigenvalue weighted by Gasteiger charge is 2.28. The zero-order chi connectivity index (χ0) is 20.1. The van der Waals surface area contributed by atoms with Gasteiger partial charge in [0, 0.05) is 43.2 Å². The first-order valence-electron chi connectivity index (χ1n) is 9.36. The first-order chi connectivity index (χ1) is 14.2. The van der Waals surface area contributed by atoms with Gasteiger partial charge in [-0.3, -0.25) is 14.6 Å². The molecule has 1 aliphatic rings. The van der Waals surface area contributed by atoms with Gasteiger partial charge in [-0.25, -0.2) is 4.98 Å². The molecular weight excluding hydrogens is 372 g/mol. The van der Waals surface area contributed by atoms with Crippen molar-refractivity contribution in [3.8, 4) is 11.6 Å². The van der Waals surface area contributed by atoms with Gasteiger partial charge in [0.05, 0.1) is 12.5 Å². The van der Waals surface area contributed by atoms with E-state index in [0.717, 1.165) is 0 Å². The molecule has 1 N–H and O–H groups in total. The van der Waals surface area contributed by atoms with Gasteiger partial charge >= 0.3 is 0 Å². The fraction of sp³-hybridized carbons (Fsp3) is 0.238. The van der Waals surface area contributed by atoms with E-state index in [9.17, 15) is 9.59 Å². The van der Waals surface area contributed by atoms with E-state index in [1.165, 1.54) is 12.5 Å². The van der Waals surface area contributed by atoms with Gasteiger partial charge in [0.25, 0.3) is 5.91 Å². The Balaban J connectivity index is 1.32. The second-order valence-electron chi connectivity index (χ2n) is 6.71. The Morgan fingerprint density at radius 3 is 2.72 bits per heavy atom. The Labute approximate surface area is 167 Å². The Morgan fingerprint density at radius 1 is 1.14 bits per heavy atom. The number of hydrogen-bond donors (Lipinski definition) is 1. The Morgan fingerprint density at radius 2 is 2.00 bits per heavy atom. The molecule has 8 nitrogen and oxygen atoms in total. The van der Waals surface area contributed by atoms with Gasteiger partial charge in [0.2, 0.25) is 11.8 Å². The summed E-state index contributed by atoms with van der Waals surface area (Å²) in [5.74, 6) is 0.911. The summed E-state index contributed by atoms with van der Waals surface area (Å²) in [4.78, 5) is 34.7. The van der Waals surface area contributed by atoms with E-state index in [4.69, 9.17) is 9.15 Å². The molecule has 0 saturated carbocycles. The summed E-state index contributed by atoms with van der Waals surface area (Å²) in [7, 11) is 0. The summed E-state index contributed by atoms with van der Waals surface area (Å²) < 4.78 is 10.8. The van der Waals surface area contributed by atoms with Gasteiger partial charge in [0.15, 0.2) is 5.76 Å². The second-order valence-corrected chi connectivity index (χ2v) is 6.71. The summed E-state index contributed by atoms with van der Waals surface area (Å²) >= 11 is 0. The molecule has 0 spiro atoms. The molecule has 3 heterocycles. The van der Waals surface area contributed by atoms with Crippen LogP contribution in [0.3, 0.4) is 0 Å². The number of furan rings is 1. The lowest BCUT2D eigenvalue weighted by atomic mass is 9.95. The van der Waals surface area contributed by atoms with E-state index >= 15 is 0 Å². The van der Waals surface area contributed by atoms with E-state index < -0.39 is 0 Å². The summed E-state index contributed by atoms with van der Waals surface area (Å²) in [5, 5.41) is 2.93. The van der Waals surface area contributed by atoms with E-state index in [2.05, 4.69) is 15.3 Å². The maximum Gasteiger partial charge on any atom is 0.289 e. The van der Waals surface area contributed by atoms with Crippen LogP contribution >= 0.6 is 0 Å². The minimum atomic E-state index is -0.153. The fourth-order valence-corrected chi connectivity index (χ4v) is 3.24. The van der Waals surface area contributed by atoms with Crippen LogP contribution in [0, 0.1) is 5.92 Å². The van der Waals surface area contributed by atoms with Crippen LogP contribution < -0.4 is 10.1 Å². The average molecular weight is 392 g/mol. The van der Waals surface area contributed by atoms with Gasteiger partial charge < -0.3 is 19.4 Å². The number of carbonyl (C=O) groups is 2. The quantitative estimate of drug-likeness (QED) is 0.715. The van der Waals surface area contributed by atoms with Crippen molar-refractivity contribution >= 4 is 17.5 Å². The van der Waals surface area contributed by atoms with Crippen LogP contribution in [0.15, 0.2) is 65.7 Å². The van der Waals surface area contributed by atoms with Crippen LogP contribution in [0.4, 0.5) is 5.69 Å². The molecule has 2 aromatic heterocycles. The van der Waals surface area contributed by atoms with Crippen LogP contribution in [0.2, 0.25) is 0 Å². The normalized spacial score (nSPS) is 14.4. The molecule has 0 bridgehead atoms. The van der Waals surface area contributed by atoms with E-state index in [1.54, 1.807) is 53.7 Å². The summed E-state index contributed by atoms with van der Waals surface area (Å²) in [6.07, 6.45) is 7.32. The Hall–Kier alpha value is -3.68. The molecule has 0 aliphatic carbocycles. The lowest BCUT2D eigenvalue weighted by molar-refractivity contribution is -0.121. The molecule has 1 saturated heterocycles. The molecule has 3 aromatic rings. The Bertz CT molecular complexity index is 967. The third kappa shape index (κ3) is 4.60. The topological polar surface area (TPSA) is 97.6 Å². The number of rotatable bonds is 5. The van der Waals surface area contributed by atoms with Crippen molar-refractivity contribution in [2.75, 3.05) is 18.4 Å². The van der Waals surface area contributed by atoms with E-state index in [-0.39, 0.29) is 17.7 Å². The van der Waals surface area contributed by atoms with Crippen molar-refractivity contribution in [2.24, 2.45) is 5.92 Å². The number of nitrogens with zero attached hydrogens (tertiary/aromatic N) is 3. The van der Waals surface area contributed by atoms with Crippen LogP contribution in [-0.4, -0.2) is 39.8 Å². The number of likely N-dealkylation sites (tertiary alicyclic amines) is 1. The van der Waals surface area contributed by atoms with Crippen molar-refractivity contribution in [2.45, 2.75) is 12.8 Å². The third-order valence-corrected chi connectivity index (χ3v) is 4.75. The first kappa shape index (κ1) is 18.7. The minimum Gasteiger partial charge on any atom is -0.459 e. The van der Waals surface area contributed by atoms with Crippen molar-refractivity contribution in [1.29, 1.82) is 0 Å². The van der Waals surface area contributed by atoms with E-state index in [1.807, 2.05) is 0 Å². The molecule has 1 aliphatic heterocycles. The number of anilines is 1. The maximum absolute atomic E-state index is 12.6. The second kappa shape index (κ2) is 8.55. The number of ether oxygens (including phenoxy) is 1. The molecule has 0 unspecified atom stereocenters. The number of aromatic nitrogens is 2. The van der Waals surface area contributed by atoms with Crippen LogP contribution in [0.1, 0.15) is 23.4 Å². The lowest BCUT2D eigenvalue weighted by Crippen LogP contribution is -2.41. The molecule has 1 aromatic carbocycles. The largest absolute Gasteiger partial charge is 0.459 e. The SMILES string of the molecule is O=C(Nc1cccc(Oc2cnccn2)c1)C1CCN(C(=O)c2ccco2)CC1. The smallest absolute Gasteiger partial charge is 0.289 e. The molecule has 1 fully saturated rings. The summed E-state index contributed by atoms with van der Waals surface area (Å²) in [5.41, 5.74) is 0.644. The highest BCUT2D eigenvalue weighted by atomic mass is 16.5. The lowest BCUT2D eigenvalue weighted by Gasteiger charge is -2.30. The number of nitrogens with one attached hydrogen (secondary N) is 1. The number of carbonyl (C=O) groups excluding carboxylic acids is 2. The van der Waals surface area contributed by atoms with Crippen molar-refractivity contribution < 1.29 is 18.7 Å². The van der Waals surface area contributed by atoms with Gasteiger partial charge in [-0.2, -0.15) is 0 Å². The van der Waals surface area contributed by atoms with Crippen LogP contribution in [0.25, 0.3) is 0 Å². The molecule has 0 radical (unpaired) electrons. The minimum absolute atomic E-state index is 0.0632. The highest BCUT2D eigenvalue weighted by molar-refractivity contribution is 5.94. The van der Waals surface area contributed by atoms with Gasteiger partial charge in [-0.15, -0.1) is 0 Å². The van der Waals surface area contributed by atoms with Gasteiger partial charge in [-0.05, 0) is 37.1 Å². The van der Waals surface area contributed by atoms with Crippen LogP contribution in [0.5, 0.6) is 11.6 Å². The zero-order valence-corrected chi connectivity index (χ0v) is 15.7. The van der Waals surface area contributed by atoms with Gasteiger partial charge in [0.1, 0.15) is 5.75 Å². The molecule has 148 valence electrons. The zero-order valence-electron chi connectivity index (χ0n) is 15.7. The van der Waals surface area contributed by atoms with Gasteiger partial charge in [-0.1, -0.05) is 6.07 Å². The van der Waals surface area contributed by atoms with Crippen molar-refractivity contribution in [1.82, 2.24) is 14.9 Å². The monoisotopic (exact) mass is 392 g/mol. The fourth-order valence-electron chi connectivity index (χ4n) is 3.24. The molecular formula is C21H20N4O4. The molecule has 4 rings (SSSR count). The summed E-state index contributed by atoms with van der Waals surface area (Å²) in [6, 6.07) is 10.5. The molecule has 8 heteroatoms. The number of amides is 2. The average Bonchev–Trinajstić information content (AvgIpc) is 3.29. The van der Waals surface area contributed by atoms with E-state index in [0.29, 0.717) is 49.0 Å². The first-order valence-corrected chi connectivity index (χ1v) is 9.36. The summed E-state index contributed by atoms with van der Waals surface area (Å²) in [6.45, 7) is 1.04. The molecule has 29 heavy (non-hydrogen) atoms. The predicted molar refractivity (Wildman–Crippen MR) is 105 cm³/mol. The molecule has 2 amide bonds. The predicted octanol–water partition coefficient (Wildman–Crippen LogP) is 3.35. The third-order valence-electron chi connectivity index (χ3n) is 4.75. The number of piperidine rings is 1.